The molecule has 0 radical (unpaired) electrons. The molecule has 1 saturated carbocycles. The smallest absolute Gasteiger partial charge is 0.275 e. The second kappa shape index (κ2) is 13.4. The Morgan fingerprint density at radius 2 is 1.80 bits per heavy atom. The normalized spacial score (nSPS) is 22.2. The molecule has 0 saturated heterocycles. The van der Waals surface area contributed by atoms with Crippen LogP contribution in [0, 0.1) is 16.7 Å². The van der Waals surface area contributed by atoms with E-state index >= 15 is 0 Å². The van der Waals surface area contributed by atoms with Gasteiger partial charge in [-0.15, -0.1) is 10.6 Å². The van der Waals surface area contributed by atoms with Crippen LogP contribution in [-0.2, 0) is 4.79 Å². The molecule has 1 fully saturated rings. The van der Waals surface area contributed by atoms with Gasteiger partial charge in [-0.3, -0.25) is 20.0 Å². The van der Waals surface area contributed by atoms with Gasteiger partial charge in [-0.25, -0.2) is 5.53 Å². The average Bonchev–Trinajstić information content (AvgIpc) is 3.63. The van der Waals surface area contributed by atoms with Gasteiger partial charge in [0.25, 0.3) is 11.8 Å². The fourth-order valence-electron chi connectivity index (χ4n) is 6.88. The number of hydrazone groups is 1. The van der Waals surface area contributed by atoms with E-state index in [0.717, 1.165) is 55.4 Å². The van der Waals surface area contributed by atoms with E-state index < -0.39 is 5.66 Å². The molecule has 46 heavy (non-hydrogen) atoms. The lowest BCUT2D eigenvalue weighted by atomic mass is 9.69. The van der Waals surface area contributed by atoms with Crippen LogP contribution in [0.3, 0.4) is 0 Å². The third-order valence-electron chi connectivity index (χ3n) is 9.53. The predicted molar refractivity (Wildman–Crippen MR) is 182 cm³/mol. The van der Waals surface area contributed by atoms with Crippen LogP contribution in [-0.4, -0.2) is 47.1 Å². The summed E-state index contributed by atoms with van der Waals surface area (Å²) in [5.74, 6) is 1.67. The van der Waals surface area contributed by atoms with Crippen LogP contribution in [0.5, 0.6) is 5.75 Å². The summed E-state index contributed by atoms with van der Waals surface area (Å²) < 4.78 is 5.80. The van der Waals surface area contributed by atoms with E-state index in [1.54, 1.807) is 0 Å². The minimum absolute atomic E-state index is 0.0318. The van der Waals surface area contributed by atoms with Gasteiger partial charge in [0.1, 0.15) is 17.1 Å². The molecule has 2 aromatic carbocycles. The number of hydrogen-bond acceptors (Lipinski definition) is 8. The van der Waals surface area contributed by atoms with Gasteiger partial charge in [0.2, 0.25) is 0 Å². The molecule has 4 N–H and O–H groups in total. The Morgan fingerprint density at radius 3 is 2.41 bits per heavy atom. The highest BCUT2D eigenvalue weighted by molar-refractivity contribution is 6.46. The standard InChI is InChI=1S/C36H51N7O3/c1-8-46-28-11-9-10-26(22-28)31-33(45)43(36(38-31)20-16-27(17-21-36)35(5,6)7)29(18-19-34(2,3)4)24-12-14-25(15-13-24)32(44)37-23-30-39-41-42-40-30/h9-15,22,27,29,41-42H,8,16-21,23H2,1-7H3,(H,37,44)(H,39,40)/t27?,29-,36?/m1/s1. The first kappa shape index (κ1) is 33.4. The number of ether oxygens (including phenoxy) is 1. The molecule has 248 valence electrons. The summed E-state index contributed by atoms with van der Waals surface area (Å²) in [5, 5.41) is 6.90. The van der Waals surface area contributed by atoms with Crippen LogP contribution in [0.4, 0.5) is 0 Å². The first-order chi connectivity index (χ1) is 21.8. The number of rotatable bonds is 10. The van der Waals surface area contributed by atoms with E-state index in [0.29, 0.717) is 29.6 Å². The molecule has 5 rings (SSSR count). The summed E-state index contributed by atoms with van der Waals surface area (Å²) in [6.45, 7) is 16.4. The fraction of sp³-hybridized carbons (Fsp3) is 0.556. The van der Waals surface area contributed by atoms with Crippen LogP contribution in [0.1, 0.15) is 115 Å². The summed E-state index contributed by atoms with van der Waals surface area (Å²) in [7, 11) is 0. The number of hydrogen-bond donors (Lipinski definition) is 4. The zero-order valence-electron chi connectivity index (χ0n) is 28.5. The zero-order chi connectivity index (χ0) is 33.1. The predicted octanol–water partition coefficient (Wildman–Crippen LogP) is 5.87. The van der Waals surface area contributed by atoms with E-state index in [-0.39, 0.29) is 35.2 Å². The highest BCUT2D eigenvalue weighted by Crippen LogP contribution is 2.50. The third-order valence-corrected chi connectivity index (χ3v) is 9.53. The zero-order valence-corrected chi connectivity index (χ0v) is 28.5. The number of nitrogens with zero attached hydrogens (tertiary/aromatic N) is 3. The number of aliphatic imine (C=N–C) groups is 1. The van der Waals surface area contributed by atoms with Crippen LogP contribution < -0.4 is 26.5 Å². The molecular formula is C36H51N7O3. The molecule has 10 nitrogen and oxygen atoms in total. The van der Waals surface area contributed by atoms with Gasteiger partial charge in [-0.1, -0.05) is 65.8 Å². The second-order valence-electron chi connectivity index (χ2n) is 15.1. The number of amidine groups is 1. The maximum absolute atomic E-state index is 14.7. The fourth-order valence-corrected chi connectivity index (χ4v) is 6.88. The Balaban J connectivity index is 1.49. The molecule has 3 aliphatic rings. The first-order valence-corrected chi connectivity index (χ1v) is 16.7. The van der Waals surface area contributed by atoms with Crippen molar-refractivity contribution in [2.24, 2.45) is 26.8 Å². The van der Waals surface area contributed by atoms with Crippen LogP contribution in [0.2, 0.25) is 0 Å². The minimum atomic E-state index is -0.620. The van der Waals surface area contributed by atoms with Crippen LogP contribution >= 0.6 is 0 Å². The lowest BCUT2D eigenvalue weighted by Gasteiger charge is -2.47. The number of benzene rings is 2. The van der Waals surface area contributed by atoms with Crippen LogP contribution in [0.15, 0.2) is 58.6 Å². The number of nitrogens with one attached hydrogen (secondary N) is 4. The molecule has 1 spiro atoms. The first-order valence-electron chi connectivity index (χ1n) is 16.7. The molecular weight excluding hydrogens is 578 g/mol. The van der Waals surface area contributed by atoms with Crippen molar-refractivity contribution in [3.05, 3.63) is 65.2 Å². The Labute approximate surface area is 273 Å². The highest BCUT2D eigenvalue weighted by atomic mass is 16.5. The number of hydrazine groups is 2. The molecule has 2 aromatic rings. The average molecular weight is 630 g/mol. The summed E-state index contributed by atoms with van der Waals surface area (Å²) in [6, 6.07) is 15.3. The minimum Gasteiger partial charge on any atom is -0.494 e. The number of amides is 2. The van der Waals surface area contributed by atoms with Crippen molar-refractivity contribution in [2.75, 3.05) is 13.2 Å². The largest absolute Gasteiger partial charge is 0.494 e. The molecule has 1 atom stereocenters. The van der Waals surface area contributed by atoms with Gasteiger partial charge in [-0.2, -0.15) is 0 Å². The maximum Gasteiger partial charge on any atom is 0.275 e. The lowest BCUT2D eigenvalue weighted by molar-refractivity contribution is -0.134. The molecule has 0 aromatic heterocycles. The second-order valence-corrected chi connectivity index (χ2v) is 15.1. The van der Waals surface area contributed by atoms with Crippen molar-refractivity contribution >= 4 is 23.4 Å². The van der Waals surface area contributed by atoms with Crippen molar-refractivity contribution in [3.8, 4) is 5.75 Å². The third kappa shape index (κ3) is 7.54. The van der Waals surface area contributed by atoms with Gasteiger partial charge in [0, 0.05) is 11.1 Å². The Hall–Kier alpha value is -3.92. The van der Waals surface area contributed by atoms with Crippen molar-refractivity contribution in [3.63, 3.8) is 0 Å². The molecule has 2 amide bonds. The highest BCUT2D eigenvalue weighted by Gasteiger charge is 2.52. The summed E-state index contributed by atoms with van der Waals surface area (Å²) in [5.41, 5.74) is 10.6. The molecule has 2 heterocycles. The summed E-state index contributed by atoms with van der Waals surface area (Å²) >= 11 is 0. The lowest BCUT2D eigenvalue weighted by Crippen LogP contribution is -2.51. The van der Waals surface area contributed by atoms with Gasteiger partial charge < -0.3 is 15.0 Å². The molecule has 2 aliphatic heterocycles. The van der Waals surface area contributed by atoms with E-state index in [1.165, 1.54) is 0 Å². The van der Waals surface area contributed by atoms with E-state index in [2.05, 4.69) is 73.4 Å². The monoisotopic (exact) mass is 629 g/mol. The van der Waals surface area contributed by atoms with Crippen molar-refractivity contribution in [1.82, 2.24) is 26.7 Å². The van der Waals surface area contributed by atoms with Crippen molar-refractivity contribution in [2.45, 2.75) is 98.7 Å². The molecule has 1 aliphatic carbocycles. The van der Waals surface area contributed by atoms with Crippen LogP contribution in [0.25, 0.3) is 0 Å². The van der Waals surface area contributed by atoms with E-state index in [1.807, 2.05) is 55.5 Å². The van der Waals surface area contributed by atoms with Gasteiger partial charge in [0.15, 0.2) is 5.84 Å². The summed E-state index contributed by atoms with van der Waals surface area (Å²) in [4.78, 5) is 35.1. The van der Waals surface area contributed by atoms with E-state index in [9.17, 15) is 9.59 Å². The maximum atomic E-state index is 14.7. The molecule has 10 heteroatoms. The SMILES string of the molecule is CCOc1cccc(C2=NC3(CCC(C(C)(C)C)CC3)N([C@H](CCC(C)(C)C)c3ccc(C(=O)NCC4=NNNN4)cc3)C2=O)c1. The van der Waals surface area contributed by atoms with Gasteiger partial charge in [0.05, 0.1) is 19.2 Å². The topological polar surface area (TPSA) is 119 Å². The van der Waals surface area contributed by atoms with Crippen molar-refractivity contribution in [1.29, 1.82) is 0 Å². The number of carbonyl (C=O) groups excluding carboxylic acids is 2. The van der Waals surface area contributed by atoms with Crippen molar-refractivity contribution < 1.29 is 14.3 Å². The quantitative estimate of drug-likeness (QED) is 0.261. The molecule has 0 bridgehead atoms. The molecule has 0 unspecified atom stereocenters. The van der Waals surface area contributed by atoms with Gasteiger partial charge >= 0.3 is 0 Å². The van der Waals surface area contributed by atoms with E-state index in [4.69, 9.17) is 9.73 Å². The Bertz CT molecular complexity index is 1460. The summed E-state index contributed by atoms with van der Waals surface area (Å²) in [6.07, 6.45) is 5.39. The Morgan fingerprint density at radius 1 is 1.09 bits per heavy atom. The number of carbonyl (C=O) groups is 2. The Kier molecular flexibility index (Phi) is 9.77. The van der Waals surface area contributed by atoms with Gasteiger partial charge in [-0.05, 0) is 92.0 Å².